The van der Waals surface area contributed by atoms with Gasteiger partial charge in [-0.25, -0.2) is 4.98 Å². The SMILES string of the molecule is CCN(CC)CCOc1ccc(Nc2ncc(-c3ccc(SC)cc3)c(Nc3ccccc3OC)n2)cc1. The number of likely N-dealkylation sites (N-methyl/N-ethyl adjacent to an activating group) is 1. The number of hydrogen-bond acceptors (Lipinski definition) is 8. The molecule has 0 saturated heterocycles. The van der Waals surface area contributed by atoms with Crippen LogP contribution in [0.1, 0.15) is 13.8 Å². The van der Waals surface area contributed by atoms with E-state index in [0.29, 0.717) is 18.4 Å². The number of anilines is 4. The van der Waals surface area contributed by atoms with Crippen molar-refractivity contribution >= 4 is 34.9 Å². The van der Waals surface area contributed by atoms with Crippen LogP contribution in [0.4, 0.5) is 23.1 Å². The highest BCUT2D eigenvalue weighted by molar-refractivity contribution is 7.98. The lowest BCUT2D eigenvalue weighted by molar-refractivity contribution is 0.223. The third-order valence-electron chi connectivity index (χ3n) is 6.23. The van der Waals surface area contributed by atoms with Gasteiger partial charge in [-0.1, -0.05) is 38.1 Å². The van der Waals surface area contributed by atoms with E-state index in [1.807, 2.05) is 54.7 Å². The van der Waals surface area contributed by atoms with E-state index in [9.17, 15) is 0 Å². The van der Waals surface area contributed by atoms with E-state index >= 15 is 0 Å². The van der Waals surface area contributed by atoms with Gasteiger partial charge in [0.25, 0.3) is 0 Å². The summed E-state index contributed by atoms with van der Waals surface area (Å²) in [5, 5.41) is 6.77. The highest BCUT2D eigenvalue weighted by Crippen LogP contribution is 2.34. The second-order valence-corrected chi connectivity index (χ2v) is 9.41. The van der Waals surface area contributed by atoms with Crippen LogP contribution >= 0.6 is 11.8 Å². The molecule has 0 amide bonds. The van der Waals surface area contributed by atoms with Gasteiger partial charge in [-0.2, -0.15) is 4.98 Å². The first-order chi connectivity index (χ1) is 18.6. The molecule has 1 aromatic heterocycles. The third kappa shape index (κ3) is 7.18. The average molecular weight is 530 g/mol. The first kappa shape index (κ1) is 27.3. The van der Waals surface area contributed by atoms with Crippen molar-refractivity contribution in [2.45, 2.75) is 18.7 Å². The quantitative estimate of drug-likeness (QED) is 0.178. The summed E-state index contributed by atoms with van der Waals surface area (Å²) in [6, 6.07) is 24.0. The molecule has 0 aliphatic rings. The third-order valence-corrected chi connectivity index (χ3v) is 6.97. The Morgan fingerprint density at radius 1 is 0.895 bits per heavy atom. The molecular formula is C30H35N5O2S. The molecule has 0 unspecified atom stereocenters. The smallest absolute Gasteiger partial charge is 0.229 e. The fourth-order valence-corrected chi connectivity index (χ4v) is 4.40. The summed E-state index contributed by atoms with van der Waals surface area (Å²) >= 11 is 1.71. The molecule has 0 aliphatic carbocycles. The van der Waals surface area contributed by atoms with Crippen LogP contribution in [-0.4, -0.2) is 54.5 Å². The molecule has 0 fully saturated rings. The van der Waals surface area contributed by atoms with Gasteiger partial charge in [0, 0.05) is 28.9 Å². The van der Waals surface area contributed by atoms with Gasteiger partial charge in [-0.15, -0.1) is 11.8 Å². The van der Waals surface area contributed by atoms with Gasteiger partial charge in [-0.05, 0) is 73.4 Å². The monoisotopic (exact) mass is 529 g/mol. The first-order valence-electron chi connectivity index (χ1n) is 12.8. The van der Waals surface area contributed by atoms with Crippen molar-refractivity contribution < 1.29 is 9.47 Å². The predicted octanol–water partition coefficient (Wildman–Crippen LogP) is 7.08. The lowest BCUT2D eigenvalue weighted by atomic mass is 10.1. The van der Waals surface area contributed by atoms with Crippen molar-refractivity contribution in [2.24, 2.45) is 0 Å². The van der Waals surface area contributed by atoms with Crippen molar-refractivity contribution in [2.75, 3.05) is 50.2 Å². The van der Waals surface area contributed by atoms with E-state index in [2.05, 4.69) is 64.9 Å². The van der Waals surface area contributed by atoms with Crippen molar-refractivity contribution in [3.8, 4) is 22.6 Å². The van der Waals surface area contributed by atoms with Crippen LogP contribution in [0.5, 0.6) is 11.5 Å². The highest BCUT2D eigenvalue weighted by Gasteiger charge is 2.13. The average Bonchev–Trinajstić information content (AvgIpc) is 2.97. The summed E-state index contributed by atoms with van der Waals surface area (Å²) in [6.07, 6.45) is 3.91. The Labute approximate surface area is 229 Å². The van der Waals surface area contributed by atoms with Crippen molar-refractivity contribution in [3.63, 3.8) is 0 Å². The molecule has 0 aliphatic heterocycles. The van der Waals surface area contributed by atoms with Crippen molar-refractivity contribution in [3.05, 3.63) is 79.0 Å². The summed E-state index contributed by atoms with van der Waals surface area (Å²) in [6.45, 7) is 7.95. The number of thioether (sulfide) groups is 1. The first-order valence-corrected chi connectivity index (χ1v) is 14.0. The summed E-state index contributed by atoms with van der Waals surface area (Å²) in [7, 11) is 1.66. The maximum atomic E-state index is 5.91. The van der Waals surface area contributed by atoms with Crippen LogP contribution < -0.4 is 20.1 Å². The molecular weight excluding hydrogens is 494 g/mol. The molecule has 8 heteroatoms. The van der Waals surface area contributed by atoms with Gasteiger partial charge < -0.3 is 25.0 Å². The van der Waals surface area contributed by atoms with Crippen LogP contribution in [0, 0.1) is 0 Å². The number of hydrogen-bond donors (Lipinski definition) is 2. The molecule has 2 N–H and O–H groups in total. The number of para-hydroxylation sites is 2. The minimum Gasteiger partial charge on any atom is -0.495 e. The van der Waals surface area contributed by atoms with Gasteiger partial charge in [0.05, 0.1) is 12.8 Å². The molecule has 0 spiro atoms. The summed E-state index contributed by atoms with van der Waals surface area (Å²) in [5.74, 6) is 2.74. The van der Waals surface area contributed by atoms with Crippen LogP contribution in [0.25, 0.3) is 11.1 Å². The lowest BCUT2D eigenvalue weighted by Gasteiger charge is -2.18. The Bertz CT molecular complexity index is 1300. The zero-order chi connectivity index (χ0) is 26.7. The Hall–Kier alpha value is -3.75. The zero-order valence-corrected chi connectivity index (χ0v) is 23.2. The fraction of sp³-hybridized carbons (Fsp3) is 0.267. The van der Waals surface area contributed by atoms with E-state index in [4.69, 9.17) is 14.5 Å². The Morgan fingerprint density at radius 3 is 2.32 bits per heavy atom. The van der Waals surface area contributed by atoms with Gasteiger partial charge in [0.2, 0.25) is 5.95 Å². The molecule has 3 aromatic carbocycles. The van der Waals surface area contributed by atoms with E-state index in [-0.39, 0.29) is 0 Å². The van der Waals surface area contributed by atoms with E-state index < -0.39 is 0 Å². The maximum Gasteiger partial charge on any atom is 0.229 e. The molecule has 4 rings (SSSR count). The fourth-order valence-electron chi connectivity index (χ4n) is 3.99. The topological polar surface area (TPSA) is 71.5 Å². The van der Waals surface area contributed by atoms with Crippen molar-refractivity contribution in [1.29, 1.82) is 0 Å². The minimum absolute atomic E-state index is 0.488. The number of nitrogens with one attached hydrogen (secondary N) is 2. The van der Waals surface area contributed by atoms with Gasteiger partial charge in [0.15, 0.2) is 0 Å². The number of ether oxygens (including phenoxy) is 2. The summed E-state index contributed by atoms with van der Waals surface area (Å²) in [5.41, 5.74) is 3.62. The molecule has 38 heavy (non-hydrogen) atoms. The molecule has 1 heterocycles. The normalized spacial score (nSPS) is 10.9. The van der Waals surface area contributed by atoms with Crippen molar-refractivity contribution in [1.82, 2.24) is 14.9 Å². The number of rotatable bonds is 13. The molecule has 198 valence electrons. The van der Waals surface area contributed by atoms with Gasteiger partial charge >= 0.3 is 0 Å². The molecule has 0 saturated carbocycles. The van der Waals surface area contributed by atoms with Crippen LogP contribution in [0.2, 0.25) is 0 Å². The second kappa shape index (κ2) is 13.7. The van der Waals surface area contributed by atoms with Crippen LogP contribution in [0.3, 0.4) is 0 Å². The maximum absolute atomic E-state index is 5.91. The molecule has 0 atom stereocenters. The highest BCUT2D eigenvalue weighted by atomic mass is 32.2. The second-order valence-electron chi connectivity index (χ2n) is 8.53. The predicted molar refractivity (Wildman–Crippen MR) is 159 cm³/mol. The molecule has 0 bridgehead atoms. The largest absolute Gasteiger partial charge is 0.495 e. The van der Waals surface area contributed by atoms with Gasteiger partial charge in [0.1, 0.15) is 23.9 Å². The molecule has 4 aromatic rings. The number of methoxy groups -OCH3 is 1. The standard InChI is InChI=1S/C30H35N5O2S/c1-5-35(6-2)19-20-37-24-15-13-23(14-16-24)32-30-31-21-26(22-11-17-25(38-4)18-12-22)29(34-30)33-27-9-7-8-10-28(27)36-3/h7-18,21H,5-6,19-20H2,1-4H3,(H2,31,32,33,34). The minimum atomic E-state index is 0.488. The van der Waals surface area contributed by atoms with E-state index in [0.717, 1.165) is 53.6 Å². The Balaban J connectivity index is 1.54. The summed E-state index contributed by atoms with van der Waals surface area (Å²) in [4.78, 5) is 13.0. The van der Waals surface area contributed by atoms with E-state index in [1.165, 1.54) is 4.90 Å². The lowest BCUT2D eigenvalue weighted by Crippen LogP contribution is -2.27. The van der Waals surface area contributed by atoms with Crippen LogP contribution in [0.15, 0.2) is 83.9 Å². The van der Waals surface area contributed by atoms with Crippen LogP contribution in [-0.2, 0) is 0 Å². The number of aromatic nitrogens is 2. The van der Waals surface area contributed by atoms with E-state index in [1.54, 1.807) is 18.9 Å². The number of benzene rings is 3. The Morgan fingerprint density at radius 2 is 1.63 bits per heavy atom. The summed E-state index contributed by atoms with van der Waals surface area (Å²) < 4.78 is 11.5. The van der Waals surface area contributed by atoms with Gasteiger partial charge in [-0.3, -0.25) is 0 Å². The zero-order valence-electron chi connectivity index (χ0n) is 22.4. The molecule has 0 radical (unpaired) electrons. The Kier molecular flexibility index (Phi) is 9.84. The molecule has 7 nitrogen and oxygen atoms in total. The number of nitrogens with zero attached hydrogens (tertiary/aromatic N) is 3.